The van der Waals surface area contributed by atoms with Gasteiger partial charge in [0.05, 0.1) is 25.9 Å². The van der Waals surface area contributed by atoms with Crippen LogP contribution in [0.1, 0.15) is 11.7 Å². The van der Waals surface area contributed by atoms with Gasteiger partial charge in [-0.3, -0.25) is 0 Å². The summed E-state index contributed by atoms with van der Waals surface area (Å²) < 4.78 is 10.1. The van der Waals surface area contributed by atoms with Crippen molar-refractivity contribution in [3.8, 4) is 0 Å². The second-order valence-corrected chi connectivity index (χ2v) is 4.83. The molecule has 0 bridgehead atoms. The Morgan fingerprint density at radius 3 is 2.79 bits per heavy atom. The third kappa shape index (κ3) is 6.56. The molecular formula is C13H19Cl2NO3. The van der Waals surface area contributed by atoms with Crippen molar-refractivity contribution in [2.24, 2.45) is 0 Å². The van der Waals surface area contributed by atoms with Crippen LogP contribution in [-0.4, -0.2) is 45.1 Å². The molecule has 1 aromatic rings. The fourth-order valence-corrected chi connectivity index (χ4v) is 1.93. The summed E-state index contributed by atoms with van der Waals surface area (Å²) in [6, 6.07) is 5.04. The number of hydrogen-bond donors (Lipinski definition) is 2. The maximum absolute atomic E-state index is 10.0. The summed E-state index contributed by atoms with van der Waals surface area (Å²) in [5.74, 6) is 0. The Labute approximate surface area is 123 Å². The third-order valence-electron chi connectivity index (χ3n) is 2.51. The molecule has 1 atom stereocenters. The number of hydrogen-bond acceptors (Lipinski definition) is 4. The van der Waals surface area contributed by atoms with Crippen LogP contribution in [0.3, 0.4) is 0 Å². The van der Waals surface area contributed by atoms with E-state index in [4.69, 9.17) is 32.7 Å². The van der Waals surface area contributed by atoms with Crippen LogP contribution in [0.5, 0.6) is 0 Å². The smallest absolute Gasteiger partial charge is 0.0929 e. The lowest BCUT2D eigenvalue weighted by molar-refractivity contribution is 0.0703. The first-order valence-corrected chi connectivity index (χ1v) is 6.81. The summed E-state index contributed by atoms with van der Waals surface area (Å²) in [6.07, 6.45) is -0.690. The molecule has 6 heteroatoms. The summed E-state index contributed by atoms with van der Waals surface area (Å²) in [6.45, 7) is 2.77. The van der Waals surface area contributed by atoms with E-state index in [2.05, 4.69) is 5.32 Å². The highest BCUT2D eigenvalue weighted by Gasteiger charge is 2.11. The molecule has 1 aromatic carbocycles. The minimum atomic E-state index is -0.690. The first-order chi connectivity index (χ1) is 9.15. The van der Waals surface area contributed by atoms with Gasteiger partial charge in [-0.2, -0.15) is 0 Å². The number of benzene rings is 1. The van der Waals surface area contributed by atoms with Crippen molar-refractivity contribution in [2.75, 3.05) is 40.0 Å². The van der Waals surface area contributed by atoms with E-state index in [1.165, 1.54) is 0 Å². The maximum Gasteiger partial charge on any atom is 0.0929 e. The molecule has 0 spiro atoms. The Bertz CT molecular complexity index is 377. The van der Waals surface area contributed by atoms with Crippen molar-refractivity contribution >= 4 is 23.2 Å². The molecule has 0 radical (unpaired) electrons. The molecule has 108 valence electrons. The van der Waals surface area contributed by atoms with E-state index in [0.717, 1.165) is 0 Å². The van der Waals surface area contributed by atoms with E-state index < -0.39 is 6.10 Å². The normalized spacial score (nSPS) is 12.6. The average Bonchev–Trinajstić information content (AvgIpc) is 2.40. The summed E-state index contributed by atoms with van der Waals surface area (Å²) in [7, 11) is 1.63. The van der Waals surface area contributed by atoms with Crippen molar-refractivity contribution in [1.29, 1.82) is 0 Å². The molecule has 0 aliphatic carbocycles. The highest BCUT2D eigenvalue weighted by atomic mass is 35.5. The van der Waals surface area contributed by atoms with E-state index in [0.29, 0.717) is 48.5 Å². The molecule has 0 saturated carbocycles. The second-order valence-electron chi connectivity index (χ2n) is 3.99. The molecule has 4 nitrogen and oxygen atoms in total. The van der Waals surface area contributed by atoms with Gasteiger partial charge in [0.1, 0.15) is 0 Å². The summed E-state index contributed by atoms with van der Waals surface area (Å²) in [5, 5.41) is 14.2. The van der Waals surface area contributed by atoms with Gasteiger partial charge in [-0.05, 0) is 18.2 Å². The van der Waals surface area contributed by atoms with E-state index in [9.17, 15) is 5.11 Å². The minimum absolute atomic E-state index is 0.397. The quantitative estimate of drug-likeness (QED) is 0.687. The van der Waals surface area contributed by atoms with Gasteiger partial charge in [0.25, 0.3) is 0 Å². The summed E-state index contributed by atoms with van der Waals surface area (Å²) >= 11 is 11.9. The standard InChI is InChI=1S/C13H19Cl2NO3/c1-18-6-7-19-5-4-16-9-13(17)11-8-10(14)2-3-12(11)15/h2-3,8,13,16-17H,4-7,9H2,1H3. The molecule has 0 saturated heterocycles. The van der Waals surface area contributed by atoms with Crippen LogP contribution in [0.2, 0.25) is 10.0 Å². The van der Waals surface area contributed by atoms with Crippen LogP contribution in [0.4, 0.5) is 0 Å². The van der Waals surface area contributed by atoms with Crippen molar-refractivity contribution < 1.29 is 14.6 Å². The van der Waals surface area contributed by atoms with Crippen molar-refractivity contribution in [3.05, 3.63) is 33.8 Å². The van der Waals surface area contributed by atoms with E-state index in [1.54, 1.807) is 25.3 Å². The zero-order valence-corrected chi connectivity index (χ0v) is 12.4. The van der Waals surface area contributed by atoms with Crippen LogP contribution < -0.4 is 5.32 Å². The SMILES string of the molecule is COCCOCCNCC(O)c1cc(Cl)ccc1Cl. The van der Waals surface area contributed by atoms with Gasteiger partial charge in [0.15, 0.2) is 0 Å². The number of methoxy groups -OCH3 is 1. The Balaban J connectivity index is 2.23. The number of ether oxygens (including phenoxy) is 2. The Morgan fingerprint density at radius 2 is 2.05 bits per heavy atom. The van der Waals surface area contributed by atoms with E-state index in [-0.39, 0.29) is 0 Å². The predicted molar refractivity (Wildman–Crippen MR) is 77.0 cm³/mol. The molecule has 0 fully saturated rings. The largest absolute Gasteiger partial charge is 0.387 e. The zero-order valence-electron chi connectivity index (χ0n) is 10.9. The molecular weight excluding hydrogens is 289 g/mol. The van der Waals surface area contributed by atoms with Gasteiger partial charge in [-0.1, -0.05) is 23.2 Å². The second kappa shape index (κ2) is 9.53. The summed E-state index contributed by atoms with van der Waals surface area (Å²) in [5.41, 5.74) is 0.627. The Hall–Kier alpha value is -0.360. The number of halogens is 2. The number of aliphatic hydroxyl groups excluding tert-OH is 1. The van der Waals surface area contributed by atoms with E-state index >= 15 is 0 Å². The van der Waals surface area contributed by atoms with Gasteiger partial charge < -0.3 is 19.9 Å². The Kier molecular flexibility index (Phi) is 8.37. The van der Waals surface area contributed by atoms with Gasteiger partial charge in [-0.25, -0.2) is 0 Å². The monoisotopic (exact) mass is 307 g/mol. The van der Waals surface area contributed by atoms with Crippen LogP contribution in [0, 0.1) is 0 Å². The van der Waals surface area contributed by atoms with Gasteiger partial charge >= 0.3 is 0 Å². The molecule has 2 N–H and O–H groups in total. The van der Waals surface area contributed by atoms with Crippen molar-refractivity contribution in [1.82, 2.24) is 5.32 Å². The Morgan fingerprint density at radius 1 is 1.26 bits per heavy atom. The zero-order chi connectivity index (χ0) is 14.1. The van der Waals surface area contributed by atoms with Gasteiger partial charge in [0, 0.05) is 35.8 Å². The molecule has 1 unspecified atom stereocenters. The lowest BCUT2D eigenvalue weighted by atomic mass is 10.1. The van der Waals surface area contributed by atoms with Crippen molar-refractivity contribution in [3.63, 3.8) is 0 Å². The topological polar surface area (TPSA) is 50.7 Å². The van der Waals surface area contributed by atoms with Crippen LogP contribution in [0.15, 0.2) is 18.2 Å². The number of nitrogens with one attached hydrogen (secondary N) is 1. The van der Waals surface area contributed by atoms with Gasteiger partial charge in [-0.15, -0.1) is 0 Å². The van der Waals surface area contributed by atoms with E-state index in [1.807, 2.05) is 0 Å². The third-order valence-corrected chi connectivity index (χ3v) is 3.09. The molecule has 0 aliphatic rings. The van der Waals surface area contributed by atoms with Crippen LogP contribution in [-0.2, 0) is 9.47 Å². The first kappa shape index (κ1) is 16.7. The highest BCUT2D eigenvalue weighted by Crippen LogP contribution is 2.25. The lowest BCUT2D eigenvalue weighted by Crippen LogP contribution is -2.25. The number of aliphatic hydroxyl groups is 1. The fraction of sp³-hybridized carbons (Fsp3) is 0.538. The van der Waals surface area contributed by atoms with Crippen LogP contribution >= 0.6 is 23.2 Å². The molecule has 19 heavy (non-hydrogen) atoms. The first-order valence-electron chi connectivity index (χ1n) is 6.05. The molecule has 1 rings (SSSR count). The molecule has 0 heterocycles. The number of rotatable bonds is 9. The molecule has 0 amide bonds. The predicted octanol–water partition coefficient (Wildman–Crippen LogP) is 2.28. The summed E-state index contributed by atoms with van der Waals surface area (Å²) in [4.78, 5) is 0. The molecule has 0 aliphatic heterocycles. The molecule has 0 aromatic heterocycles. The fourth-order valence-electron chi connectivity index (χ4n) is 1.51. The maximum atomic E-state index is 10.0. The average molecular weight is 308 g/mol. The highest BCUT2D eigenvalue weighted by molar-refractivity contribution is 6.33. The lowest BCUT2D eigenvalue weighted by Gasteiger charge is -2.14. The van der Waals surface area contributed by atoms with Crippen LogP contribution in [0.25, 0.3) is 0 Å². The minimum Gasteiger partial charge on any atom is -0.387 e. The van der Waals surface area contributed by atoms with Gasteiger partial charge in [0.2, 0.25) is 0 Å². The van der Waals surface area contributed by atoms with Crippen molar-refractivity contribution in [2.45, 2.75) is 6.10 Å².